The molecule has 3 nitrogen and oxygen atoms in total. The molecule has 2 atom stereocenters. The van der Waals surface area contributed by atoms with Crippen LogP contribution in [0.1, 0.15) is 39.0 Å². The minimum absolute atomic E-state index is 0.427. The molecule has 2 aliphatic rings. The number of hydrogen-bond acceptors (Lipinski definition) is 3. The van der Waals surface area contributed by atoms with Crippen molar-refractivity contribution in [2.75, 3.05) is 39.9 Å². The summed E-state index contributed by atoms with van der Waals surface area (Å²) in [5.41, 5.74) is 0.427. The van der Waals surface area contributed by atoms with Crippen molar-refractivity contribution >= 4 is 0 Å². The average molecular weight is 240 g/mol. The smallest absolute Gasteiger partial charge is 0.0503 e. The van der Waals surface area contributed by atoms with E-state index in [9.17, 15) is 0 Å². The fourth-order valence-corrected chi connectivity index (χ4v) is 3.63. The van der Waals surface area contributed by atoms with Crippen LogP contribution >= 0.6 is 0 Å². The van der Waals surface area contributed by atoms with Crippen LogP contribution in [0.3, 0.4) is 0 Å². The Morgan fingerprint density at radius 2 is 2.35 bits per heavy atom. The minimum Gasteiger partial charge on any atom is -0.384 e. The second-order valence-corrected chi connectivity index (χ2v) is 5.91. The first kappa shape index (κ1) is 13.3. The molecular weight excluding hydrogens is 212 g/mol. The third kappa shape index (κ3) is 3.43. The van der Waals surface area contributed by atoms with Crippen LogP contribution in [0, 0.1) is 5.92 Å². The van der Waals surface area contributed by atoms with Gasteiger partial charge in [0, 0.05) is 25.7 Å². The number of ether oxygens (including phenoxy) is 1. The molecule has 2 unspecified atom stereocenters. The zero-order chi connectivity index (χ0) is 12.1. The molecule has 0 radical (unpaired) electrons. The molecule has 0 aromatic rings. The van der Waals surface area contributed by atoms with Gasteiger partial charge in [0.25, 0.3) is 0 Å². The minimum atomic E-state index is 0.427. The summed E-state index contributed by atoms with van der Waals surface area (Å²) < 4.78 is 5.27. The lowest BCUT2D eigenvalue weighted by molar-refractivity contribution is 0.146. The molecule has 0 amide bonds. The predicted molar refractivity (Wildman–Crippen MR) is 71.3 cm³/mol. The van der Waals surface area contributed by atoms with Gasteiger partial charge in [-0.1, -0.05) is 13.3 Å². The van der Waals surface area contributed by atoms with Gasteiger partial charge in [0.1, 0.15) is 0 Å². The molecule has 1 N–H and O–H groups in total. The Kier molecular flexibility index (Phi) is 4.83. The monoisotopic (exact) mass is 240 g/mol. The molecule has 0 bridgehead atoms. The third-order valence-electron chi connectivity index (χ3n) is 4.36. The number of hydrogen-bond donors (Lipinski definition) is 1. The molecule has 3 heteroatoms. The summed E-state index contributed by atoms with van der Waals surface area (Å²) in [6, 6.07) is 0. The van der Waals surface area contributed by atoms with Crippen LogP contribution in [-0.4, -0.2) is 50.3 Å². The van der Waals surface area contributed by atoms with Crippen molar-refractivity contribution in [3.8, 4) is 0 Å². The molecule has 2 aliphatic heterocycles. The van der Waals surface area contributed by atoms with E-state index in [1.807, 2.05) is 7.11 Å². The Labute approximate surface area is 106 Å². The molecular formula is C14H28N2O. The number of likely N-dealkylation sites (tertiary alicyclic amines) is 1. The fraction of sp³-hybridized carbons (Fsp3) is 1.00. The first-order valence-electron chi connectivity index (χ1n) is 7.24. The molecule has 100 valence electrons. The highest BCUT2D eigenvalue weighted by Gasteiger charge is 2.36. The van der Waals surface area contributed by atoms with Gasteiger partial charge in [0.15, 0.2) is 0 Å². The second kappa shape index (κ2) is 6.17. The molecule has 0 aromatic heterocycles. The van der Waals surface area contributed by atoms with Gasteiger partial charge in [-0.3, -0.25) is 0 Å². The van der Waals surface area contributed by atoms with E-state index < -0.39 is 0 Å². The van der Waals surface area contributed by atoms with Crippen LogP contribution in [0.25, 0.3) is 0 Å². The maximum Gasteiger partial charge on any atom is 0.0503 e. The molecule has 2 rings (SSSR count). The van der Waals surface area contributed by atoms with Crippen LogP contribution in [0.4, 0.5) is 0 Å². The zero-order valence-corrected chi connectivity index (χ0v) is 11.5. The Morgan fingerprint density at radius 1 is 1.47 bits per heavy atom. The van der Waals surface area contributed by atoms with E-state index in [1.54, 1.807) is 0 Å². The van der Waals surface area contributed by atoms with Crippen LogP contribution in [0.2, 0.25) is 0 Å². The van der Waals surface area contributed by atoms with Crippen LogP contribution in [-0.2, 0) is 4.74 Å². The Morgan fingerprint density at radius 3 is 3.00 bits per heavy atom. The van der Waals surface area contributed by atoms with Crippen LogP contribution in [0.15, 0.2) is 0 Å². The number of nitrogens with zero attached hydrogens (tertiary/aromatic N) is 1. The summed E-state index contributed by atoms with van der Waals surface area (Å²) in [5.74, 6) is 0.764. The summed E-state index contributed by atoms with van der Waals surface area (Å²) in [7, 11) is 1.82. The predicted octanol–water partition coefficient (Wildman–Crippen LogP) is 1.88. The van der Waals surface area contributed by atoms with E-state index in [-0.39, 0.29) is 0 Å². The van der Waals surface area contributed by atoms with Crippen LogP contribution in [0.5, 0.6) is 0 Å². The SMILES string of the molecule is CCCC1(CN2CCC(COC)C2)CCCN1. The van der Waals surface area contributed by atoms with Crippen molar-refractivity contribution in [2.24, 2.45) is 5.92 Å². The highest BCUT2D eigenvalue weighted by Crippen LogP contribution is 2.28. The van der Waals surface area contributed by atoms with Gasteiger partial charge in [-0.2, -0.15) is 0 Å². The van der Waals surface area contributed by atoms with E-state index in [4.69, 9.17) is 4.74 Å². The average Bonchev–Trinajstić information content (AvgIpc) is 2.91. The summed E-state index contributed by atoms with van der Waals surface area (Å²) in [5, 5.41) is 3.77. The van der Waals surface area contributed by atoms with E-state index in [0.29, 0.717) is 5.54 Å². The molecule has 0 aliphatic carbocycles. The van der Waals surface area contributed by atoms with E-state index in [0.717, 1.165) is 12.5 Å². The highest BCUT2D eigenvalue weighted by atomic mass is 16.5. The summed E-state index contributed by atoms with van der Waals surface area (Å²) in [6.45, 7) is 8.21. The highest BCUT2D eigenvalue weighted by molar-refractivity contribution is 4.96. The summed E-state index contributed by atoms with van der Waals surface area (Å²) in [4.78, 5) is 2.65. The molecule has 0 aromatic carbocycles. The molecule has 0 spiro atoms. The Bertz CT molecular complexity index is 226. The lowest BCUT2D eigenvalue weighted by atomic mass is 9.91. The maximum absolute atomic E-state index is 5.27. The van der Waals surface area contributed by atoms with Gasteiger partial charge in [-0.05, 0) is 44.7 Å². The standard InChI is InChI=1S/C14H28N2O/c1-3-6-14(7-4-8-15-14)12-16-9-5-13(10-16)11-17-2/h13,15H,3-12H2,1-2H3. The number of nitrogens with one attached hydrogen (secondary N) is 1. The molecule has 0 saturated carbocycles. The zero-order valence-electron chi connectivity index (χ0n) is 11.5. The van der Waals surface area contributed by atoms with Gasteiger partial charge in [0.05, 0.1) is 6.61 Å². The van der Waals surface area contributed by atoms with Gasteiger partial charge < -0.3 is 15.0 Å². The van der Waals surface area contributed by atoms with Crippen LogP contribution < -0.4 is 5.32 Å². The quantitative estimate of drug-likeness (QED) is 0.767. The van der Waals surface area contributed by atoms with Gasteiger partial charge in [-0.15, -0.1) is 0 Å². The topological polar surface area (TPSA) is 24.5 Å². The molecule has 17 heavy (non-hydrogen) atoms. The van der Waals surface area contributed by atoms with Crippen molar-refractivity contribution in [2.45, 2.75) is 44.6 Å². The first-order valence-corrected chi connectivity index (χ1v) is 7.24. The summed E-state index contributed by atoms with van der Waals surface area (Å²) >= 11 is 0. The fourth-order valence-electron chi connectivity index (χ4n) is 3.63. The molecule has 2 heterocycles. The van der Waals surface area contributed by atoms with Crippen molar-refractivity contribution in [3.63, 3.8) is 0 Å². The number of methoxy groups -OCH3 is 1. The van der Waals surface area contributed by atoms with Crippen molar-refractivity contribution < 1.29 is 4.74 Å². The van der Waals surface area contributed by atoms with Gasteiger partial charge in [0.2, 0.25) is 0 Å². The normalized spacial score (nSPS) is 34.6. The largest absolute Gasteiger partial charge is 0.384 e. The molecule has 2 saturated heterocycles. The second-order valence-electron chi connectivity index (χ2n) is 5.91. The first-order chi connectivity index (χ1) is 8.28. The third-order valence-corrected chi connectivity index (χ3v) is 4.36. The van der Waals surface area contributed by atoms with Crippen molar-refractivity contribution in [3.05, 3.63) is 0 Å². The van der Waals surface area contributed by atoms with Crippen molar-refractivity contribution in [1.82, 2.24) is 10.2 Å². The number of rotatable bonds is 6. The van der Waals surface area contributed by atoms with Gasteiger partial charge >= 0.3 is 0 Å². The lowest BCUT2D eigenvalue weighted by Crippen LogP contribution is -2.49. The Balaban J connectivity index is 1.83. The lowest BCUT2D eigenvalue weighted by Gasteiger charge is -2.34. The molecule has 2 fully saturated rings. The van der Waals surface area contributed by atoms with E-state index in [1.165, 1.54) is 58.3 Å². The maximum atomic E-state index is 5.27. The van der Waals surface area contributed by atoms with E-state index in [2.05, 4.69) is 17.1 Å². The summed E-state index contributed by atoms with van der Waals surface area (Å²) in [6.07, 6.45) is 6.67. The van der Waals surface area contributed by atoms with E-state index >= 15 is 0 Å². The van der Waals surface area contributed by atoms with Crippen molar-refractivity contribution in [1.29, 1.82) is 0 Å². The Hall–Kier alpha value is -0.120. The van der Waals surface area contributed by atoms with Gasteiger partial charge in [-0.25, -0.2) is 0 Å².